The molecule has 2 saturated heterocycles. The van der Waals surface area contributed by atoms with E-state index in [0.717, 1.165) is 58.8 Å². The molecule has 1 amide bonds. The lowest BCUT2D eigenvalue weighted by molar-refractivity contribution is -0.128. The molecule has 6 nitrogen and oxygen atoms in total. The van der Waals surface area contributed by atoms with Crippen molar-refractivity contribution < 1.29 is 14.6 Å². The summed E-state index contributed by atoms with van der Waals surface area (Å²) in [5, 5.41) is 10.7. The van der Waals surface area contributed by atoms with Crippen molar-refractivity contribution >= 4 is 5.91 Å². The molecule has 1 saturated carbocycles. The average molecular weight is 337 g/mol. The lowest BCUT2D eigenvalue weighted by Crippen LogP contribution is -2.48. The van der Waals surface area contributed by atoms with E-state index in [1.165, 1.54) is 12.8 Å². The Labute approximate surface area is 145 Å². The molecule has 3 aliphatic rings. The molecule has 0 aromatic heterocycles. The highest BCUT2D eigenvalue weighted by Crippen LogP contribution is 2.30. The molecule has 1 N–H and O–H groups in total. The zero-order valence-electron chi connectivity index (χ0n) is 14.8. The number of hydrogen-bond donors (Lipinski definition) is 1. The summed E-state index contributed by atoms with van der Waals surface area (Å²) in [5.74, 6) is -0.00520. The van der Waals surface area contributed by atoms with Crippen molar-refractivity contribution in [3.05, 3.63) is 12.2 Å². The Balaban J connectivity index is 1.47. The van der Waals surface area contributed by atoms with Crippen LogP contribution in [0.2, 0.25) is 0 Å². The van der Waals surface area contributed by atoms with Crippen LogP contribution in [0.4, 0.5) is 0 Å². The minimum atomic E-state index is -0.426. The Morgan fingerprint density at radius 3 is 2.62 bits per heavy atom. The molecular formula is C18H31N3O3. The van der Waals surface area contributed by atoms with Crippen LogP contribution < -0.4 is 0 Å². The summed E-state index contributed by atoms with van der Waals surface area (Å²) < 4.78 is 5.32. The van der Waals surface area contributed by atoms with Crippen LogP contribution in [0.15, 0.2) is 12.2 Å². The number of aliphatic hydroxyl groups excluding tert-OH is 1. The summed E-state index contributed by atoms with van der Waals surface area (Å²) in [6.07, 6.45) is 7.50. The van der Waals surface area contributed by atoms with Gasteiger partial charge in [0, 0.05) is 38.8 Å². The Bertz CT molecular complexity index is 445. The second-order valence-electron chi connectivity index (χ2n) is 7.21. The Morgan fingerprint density at radius 1 is 1.21 bits per heavy atom. The Hall–Kier alpha value is -0.950. The fourth-order valence-electron chi connectivity index (χ4n) is 4.20. The monoisotopic (exact) mass is 337 g/mol. The van der Waals surface area contributed by atoms with Crippen molar-refractivity contribution in [1.82, 2.24) is 14.7 Å². The number of carbonyl (C=O) groups is 1. The first-order valence-corrected chi connectivity index (χ1v) is 9.32. The van der Waals surface area contributed by atoms with Gasteiger partial charge in [0.25, 0.3) is 0 Å². The predicted molar refractivity (Wildman–Crippen MR) is 92.8 cm³/mol. The smallest absolute Gasteiger partial charge is 0.246 e. The van der Waals surface area contributed by atoms with E-state index in [1.54, 1.807) is 11.0 Å². The van der Waals surface area contributed by atoms with Gasteiger partial charge in [0.15, 0.2) is 0 Å². The lowest BCUT2D eigenvalue weighted by Gasteiger charge is -2.31. The highest BCUT2D eigenvalue weighted by Gasteiger charge is 2.41. The zero-order chi connectivity index (χ0) is 16.9. The van der Waals surface area contributed by atoms with Gasteiger partial charge in [-0.1, -0.05) is 6.08 Å². The van der Waals surface area contributed by atoms with E-state index in [9.17, 15) is 9.90 Å². The average Bonchev–Trinajstić information content (AvgIpc) is 3.24. The number of rotatable bonds is 5. The molecule has 1 aliphatic carbocycles. The third kappa shape index (κ3) is 4.17. The van der Waals surface area contributed by atoms with E-state index in [2.05, 4.69) is 9.80 Å². The minimum absolute atomic E-state index is 0.00520. The van der Waals surface area contributed by atoms with Crippen LogP contribution in [-0.2, 0) is 9.53 Å². The summed E-state index contributed by atoms with van der Waals surface area (Å²) in [6, 6.07) is 0.168. The molecule has 24 heavy (non-hydrogen) atoms. The minimum Gasteiger partial charge on any atom is -0.389 e. The van der Waals surface area contributed by atoms with Gasteiger partial charge in [-0.15, -0.1) is 0 Å². The number of likely N-dealkylation sites (tertiary alicyclic amines) is 1. The van der Waals surface area contributed by atoms with Crippen LogP contribution in [0, 0.1) is 0 Å². The highest BCUT2D eigenvalue weighted by atomic mass is 16.5. The van der Waals surface area contributed by atoms with Crippen LogP contribution in [-0.4, -0.2) is 96.9 Å². The van der Waals surface area contributed by atoms with Crippen molar-refractivity contribution in [2.75, 3.05) is 53.0 Å². The molecule has 0 radical (unpaired) electrons. The van der Waals surface area contributed by atoms with E-state index >= 15 is 0 Å². The molecule has 3 fully saturated rings. The van der Waals surface area contributed by atoms with Gasteiger partial charge in [-0.2, -0.15) is 0 Å². The molecule has 2 heterocycles. The first-order valence-electron chi connectivity index (χ1n) is 9.32. The molecule has 0 spiro atoms. The number of aliphatic hydroxyl groups is 1. The van der Waals surface area contributed by atoms with E-state index in [4.69, 9.17) is 4.74 Å². The van der Waals surface area contributed by atoms with Gasteiger partial charge >= 0.3 is 0 Å². The number of ether oxygens (including phenoxy) is 1. The molecule has 3 atom stereocenters. The van der Waals surface area contributed by atoms with Gasteiger partial charge in [-0.3, -0.25) is 14.6 Å². The molecule has 136 valence electrons. The summed E-state index contributed by atoms with van der Waals surface area (Å²) in [5.41, 5.74) is 0. The molecule has 0 aromatic rings. The first-order chi connectivity index (χ1) is 11.7. The first kappa shape index (κ1) is 17.9. The second kappa shape index (κ2) is 8.43. The molecule has 6 heteroatoms. The summed E-state index contributed by atoms with van der Waals surface area (Å²) in [4.78, 5) is 18.8. The molecule has 0 unspecified atom stereocenters. The van der Waals surface area contributed by atoms with Crippen molar-refractivity contribution in [2.45, 2.75) is 43.9 Å². The summed E-state index contributed by atoms with van der Waals surface area (Å²) in [6.45, 7) is 6.35. The molecule has 0 bridgehead atoms. The van der Waals surface area contributed by atoms with Crippen molar-refractivity contribution in [3.8, 4) is 0 Å². The van der Waals surface area contributed by atoms with E-state index in [1.807, 2.05) is 13.1 Å². The number of likely N-dealkylation sites (N-methyl/N-ethyl adjacent to an activating group) is 1. The van der Waals surface area contributed by atoms with Crippen LogP contribution in [0.1, 0.15) is 25.7 Å². The SMILES string of the molecule is CN(C(=O)C=CCN1CCOCC1)[C@@H]1CC[C@@H](N2CCCC2)[C@@H]1O. The maximum atomic E-state index is 12.4. The predicted octanol–water partition coefficient (Wildman–Crippen LogP) is 0.321. The third-order valence-corrected chi connectivity index (χ3v) is 5.73. The fraction of sp³-hybridized carbons (Fsp3) is 0.833. The summed E-state index contributed by atoms with van der Waals surface area (Å²) >= 11 is 0. The number of nitrogens with zero attached hydrogens (tertiary/aromatic N) is 3. The largest absolute Gasteiger partial charge is 0.389 e. The lowest BCUT2D eigenvalue weighted by atomic mass is 10.1. The third-order valence-electron chi connectivity index (χ3n) is 5.73. The topological polar surface area (TPSA) is 56.2 Å². The van der Waals surface area contributed by atoms with Crippen LogP contribution in [0.3, 0.4) is 0 Å². The van der Waals surface area contributed by atoms with Gasteiger partial charge in [0.1, 0.15) is 0 Å². The fourth-order valence-corrected chi connectivity index (χ4v) is 4.20. The van der Waals surface area contributed by atoms with Gasteiger partial charge in [-0.05, 0) is 38.8 Å². The molecular weight excluding hydrogens is 306 g/mol. The number of amides is 1. The molecule has 0 aromatic carbocycles. The zero-order valence-corrected chi connectivity index (χ0v) is 14.8. The van der Waals surface area contributed by atoms with Crippen molar-refractivity contribution in [1.29, 1.82) is 0 Å². The van der Waals surface area contributed by atoms with E-state index in [0.29, 0.717) is 0 Å². The maximum absolute atomic E-state index is 12.4. The highest BCUT2D eigenvalue weighted by molar-refractivity contribution is 5.87. The molecule has 3 rings (SSSR count). The Kier molecular flexibility index (Phi) is 6.27. The van der Waals surface area contributed by atoms with Gasteiger partial charge < -0.3 is 14.7 Å². The van der Waals surface area contributed by atoms with E-state index < -0.39 is 6.10 Å². The van der Waals surface area contributed by atoms with Crippen LogP contribution >= 0.6 is 0 Å². The maximum Gasteiger partial charge on any atom is 0.246 e. The van der Waals surface area contributed by atoms with Crippen LogP contribution in [0.5, 0.6) is 0 Å². The van der Waals surface area contributed by atoms with Gasteiger partial charge in [0.05, 0.1) is 25.4 Å². The standard InChI is InChI=1S/C18H31N3O3/c1-19(17(22)5-4-8-20-11-13-24-14-12-20)15-6-7-16(18(15)23)21-9-2-3-10-21/h4-5,15-16,18,23H,2-3,6-14H2,1H3/t15-,16-,18-/m1/s1. The van der Waals surface area contributed by atoms with Crippen molar-refractivity contribution in [3.63, 3.8) is 0 Å². The van der Waals surface area contributed by atoms with E-state index in [-0.39, 0.29) is 18.0 Å². The van der Waals surface area contributed by atoms with Gasteiger partial charge in [0.2, 0.25) is 5.91 Å². The second-order valence-corrected chi connectivity index (χ2v) is 7.21. The normalized spacial score (nSPS) is 32.7. The van der Waals surface area contributed by atoms with Gasteiger partial charge in [-0.25, -0.2) is 0 Å². The summed E-state index contributed by atoms with van der Waals surface area (Å²) in [7, 11) is 1.82. The number of carbonyl (C=O) groups excluding carboxylic acids is 1. The van der Waals surface area contributed by atoms with Crippen LogP contribution in [0.25, 0.3) is 0 Å². The number of hydrogen-bond acceptors (Lipinski definition) is 5. The van der Waals surface area contributed by atoms with Crippen molar-refractivity contribution in [2.24, 2.45) is 0 Å². The quantitative estimate of drug-likeness (QED) is 0.733. The molecule has 2 aliphatic heterocycles. The Morgan fingerprint density at radius 2 is 1.92 bits per heavy atom. The number of morpholine rings is 1.